The fourth-order valence-electron chi connectivity index (χ4n) is 1.68. The van der Waals surface area contributed by atoms with E-state index in [1.807, 2.05) is 30.3 Å². The summed E-state index contributed by atoms with van der Waals surface area (Å²) in [7, 11) is 0. The Morgan fingerprint density at radius 3 is 2.09 bits per heavy atom. The van der Waals surface area contributed by atoms with E-state index >= 15 is 0 Å². The van der Waals surface area contributed by atoms with Gasteiger partial charge in [-0.3, -0.25) is 9.59 Å². The topological polar surface area (TPSA) is 113 Å². The molecule has 22 heavy (non-hydrogen) atoms. The Kier molecular flexibility index (Phi) is 4.84. The van der Waals surface area contributed by atoms with Gasteiger partial charge < -0.3 is 10.6 Å². The Morgan fingerprint density at radius 1 is 1.05 bits per heavy atom. The normalized spacial score (nSPS) is 9.68. The van der Waals surface area contributed by atoms with Crippen molar-refractivity contribution in [1.29, 1.82) is 0 Å². The highest BCUT2D eigenvalue weighted by Crippen LogP contribution is 2.08. The Hall–Kier alpha value is -3.19. The molecule has 0 unspecified atom stereocenters. The molecule has 0 saturated carbocycles. The second-order valence-corrected chi connectivity index (χ2v) is 4.20. The van der Waals surface area contributed by atoms with E-state index in [4.69, 9.17) is 11.6 Å². The lowest BCUT2D eigenvalue weighted by molar-refractivity contribution is 0.0992. The van der Waals surface area contributed by atoms with E-state index in [1.165, 1.54) is 10.9 Å². The minimum absolute atomic E-state index is 0.227. The summed E-state index contributed by atoms with van der Waals surface area (Å²) in [6.45, 7) is 0. The average Bonchev–Trinajstić information content (AvgIpc) is 2.52. The predicted molar refractivity (Wildman–Crippen MR) is 80.8 cm³/mol. The molecule has 0 atom stereocenters. The van der Waals surface area contributed by atoms with Crippen molar-refractivity contribution in [3.05, 3.63) is 76.7 Å². The molecule has 0 fully saturated rings. The van der Waals surface area contributed by atoms with Crippen molar-refractivity contribution in [3.8, 4) is 11.4 Å². The predicted octanol–water partition coefficient (Wildman–Crippen LogP) is 0.708. The van der Waals surface area contributed by atoms with Crippen LogP contribution in [0.4, 0.5) is 0 Å². The third kappa shape index (κ3) is 3.47. The maximum Gasteiger partial charge on any atom is 0.273 e. The molecule has 7 nitrogen and oxygen atoms in total. The van der Waals surface area contributed by atoms with Gasteiger partial charge in [-0.25, -0.2) is 4.68 Å². The van der Waals surface area contributed by atoms with Crippen molar-refractivity contribution in [3.63, 3.8) is 0 Å². The highest BCUT2D eigenvalue weighted by Gasteiger charge is 2.15. The molecule has 0 spiro atoms. The van der Waals surface area contributed by atoms with Crippen LogP contribution >= 0.6 is 0 Å². The standard InChI is InChI=1S/C15H14N4O3/c16-15(21)13-14(20)12(22-17)10-19(18-13)11-8-6-4-2-1-3-5-7-9-11/h1-10H,17H2,(H2,16,21). The number of carbonyl (C=O) groups excluding carboxylic acids is 1. The molecule has 0 aliphatic heterocycles. The van der Waals surface area contributed by atoms with Crippen LogP contribution < -0.4 is 21.9 Å². The SMILES string of the molecule is NOc1cn(-c2ccccccccc2)nc(C(N)=O)c1=O. The van der Waals surface area contributed by atoms with Crippen molar-refractivity contribution in [2.75, 3.05) is 0 Å². The molecule has 1 amide bonds. The Labute approximate surface area is 126 Å². The van der Waals surface area contributed by atoms with Gasteiger partial charge in [-0.2, -0.15) is 11.0 Å². The van der Waals surface area contributed by atoms with Gasteiger partial charge in [0.05, 0.1) is 11.9 Å². The molecule has 0 aliphatic carbocycles. The summed E-state index contributed by atoms with van der Waals surface area (Å²) in [5.41, 5.74) is 4.53. The Balaban J connectivity index is 2.70. The molecular formula is C15H14N4O3. The van der Waals surface area contributed by atoms with E-state index < -0.39 is 17.0 Å². The van der Waals surface area contributed by atoms with E-state index in [2.05, 4.69) is 9.94 Å². The first kappa shape index (κ1) is 15.2. The first-order valence-corrected chi connectivity index (χ1v) is 6.32. The summed E-state index contributed by atoms with van der Waals surface area (Å²) < 4.78 is 1.30. The van der Waals surface area contributed by atoms with Gasteiger partial charge in [-0.05, 0) is 12.1 Å². The van der Waals surface area contributed by atoms with Crippen LogP contribution in [0.2, 0.25) is 0 Å². The maximum absolute atomic E-state index is 11.8. The summed E-state index contributed by atoms with van der Waals surface area (Å²) in [6.07, 6.45) is 1.28. The third-order valence-corrected chi connectivity index (χ3v) is 2.71. The molecule has 4 N–H and O–H groups in total. The highest BCUT2D eigenvalue weighted by molar-refractivity contribution is 5.90. The van der Waals surface area contributed by atoms with Gasteiger partial charge >= 0.3 is 0 Å². The lowest BCUT2D eigenvalue weighted by Crippen LogP contribution is -2.28. The maximum atomic E-state index is 11.8. The van der Waals surface area contributed by atoms with Gasteiger partial charge in [-0.15, -0.1) is 0 Å². The monoisotopic (exact) mass is 298 g/mol. The van der Waals surface area contributed by atoms with Crippen LogP contribution in [-0.2, 0) is 0 Å². The summed E-state index contributed by atoms with van der Waals surface area (Å²) in [4.78, 5) is 27.7. The fourth-order valence-corrected chi connectivity index (χ4v) is 1.68. The molecule has 7 heteroatoms. The first-order valence-electron chi connectivity index (χ1n) is 6.32. The Bertz CT molecular complexity index is 776. The van der Waals surface area contributed by atoms with Gasteiger partial charge in [0.2, 0.25) is 5.75 Å². The summed E-state index contributed by atoms with van der Waals surface area (Å²) >= 11 is 0. The number of aromatic nitrogens is 2. The highest BCUT2D eigenvalue weighted by atomic mass is 16.6. The Morgan fingerprint density at radius 2 is 1.59 bits per heavy atom. The van der Waals surface area contributed by atoms with Gasteiger partial charge in [0.15, 0.2) is 5.69 Å². The van der Waals surface area contributed by atoms with Gasteiger partial charge in [0, 0.05) is 0 Å². The van der Waals surface area contributed by atoms with E-state index in [9.17, 15) is 9.59 Å². The summed E-state index contributed by atoms with van der Waals surface area (Å²) in [5, 5.41) is 3.93. The zero-order chi connectivity index (χ0) is 15.9. The largest absolute Gasteiger partial charge is 0.406 e. The first-order chi connectivity index (χ1) is 10.6. The zero-order valence-electron chi connectivity index (χ0n) is 11.5. The van der Waals surface area contributed by atoms with Crippen molar-refractivity contribution >= 4 is 5.91 Å². The minimum atomic E-state index is -0.958. The molecule has 0 saturated heterocycles. The van der Waals surface area contributed by atoms with Crippen LogP contribution in [0.15, 0.2) is 65.6 Å². The number of rotatable bonds is 3. The average molecular weight is 298 g/mol. The minimum Gasteiger partial charge on any atom is -0.406 e. The van der Waals surface area contributed by atoms with Crippen LogP contribution in [-0.4, -0.2) is 15.7 Å². The molecule has 0 radical (unpaired) electrons. The van der Waals surface area contributed by atoms with Gasteiger partial charge in [0.25, 0.3) is 11.3 Å². The molecule has 112 valence electrons. The number of carbonyl (C=O) groups is 1. The molecule has 1 aromatic heterocycles. The zero-order valence-corrected chi connectivity index (χ0v) is 11.5. The van der Waals surface area contributed by atoms with E-state index in [0.717, 1.165) is 0 Å². The fraction of sp³-hybridized carbons (Fsp3) is 0. The van der Waals surface area contributed by atoms with Gasteiger partial charge in [0.1, 0.15) is 0 Å². The van der Waals surface area contributed by atoms with E-state index in [1.54, 1.807) is 24.3 Å². The van der Waals surface area contributed by atoms with Crippen molar-refractivity contribution in [2.24, 2.45) is 11.6 Å². The second kappa shape index (κ2) is 7.00. The smallest absolute Gasteiger partial charge is 0.273 e. The lowest BCUT2D eigenvalue weighted by atomic mass is 10.3. The van der Waals surface area contributed by atoms with Gasteiger partial charge in [-0.1, -0.05) is 42.5 Å². The number of primary amides is 1. The number of amides is 1. The summed E-state index contributed by atoms with van der Waals surface area (Å²) in [6, 6.07) is 16.3. The molecule has 1 aromatic carbocycles. The number of hydrogen-bond acceptors (Lipinski definition) is 5. The van der Waals surface area contributed by atoms with E-state index in [-0.39, 0.29) is 5.75 Å². The molecule has 0 bridgehead atoms. The molecule has 2 aromatic rings. The molecular weight excluding hydrogens is 284 g/mol. The van der Waals surface area contributed by atoms with Crippen LogP contribution in [0.3, 0.4) is 0 Å². The van der Waals surface area contributed by atoms with Crippen molar-refractivity contribution in [1.82, 2.24) is 9.78 Å². The molecule has 1 heterocycles. The number of nitrogens with zero attached hydrogens (tertiary/aromatic N) is 2. The number of nitrogens with two attached hydrogens (primary N) is 2. The second-order valence-electron chi connectivity index (χ2n) is 4.20. The van der Waals surface area contributed by atoms with Crippen LogP contribution in [0, 0.1) is 0 Å². The van der Waals surface area contributed by atoms with Crippen molar-refractivity contribution < 1.29 is 9.63 Å². The van der Waals surface area contributed by atoms with Crippen molar-refractivity contribution in [2.45, 2.75) is 0 Å². The number of hydrogen-bond donors (Lipinski definition) is 2. The van der Waals surface area contributed by atoms with Crippen LogP contribution in [0.25, 0.3) is 5.69 Å². The summed E-state index contributed by atoms with van der Waals surface area (Å²) in [5.74, 6) is 3.87. The van der Waals surface area contributed by atoms with E-state index in [0.29, 0.717) is 5.69 Å². The van der Waals surface area contributed by atoms with Crippen LogP contribution in [0.5, 0.6) is 5.75 Å². The molecule has 0 aliphatic rings. The third-order valence-electron chi connectivity index (χ3n) is 2.71. The molecule has 2 rings (SSSR count). The quantitative estimate of drug-likeness (QED) is 0.810. The lowest BCUT2D eigenvalue weighted by Gasteiger charge is -2.07. The van der Waals surface area contributed by atoms with Crippen LogP contribution in [0.1, 0.15) is 10.5 Å².